The van der Waals surface area contributed by atoms with E-state index >= 15 is 0 Å². The van der Waals surface area contributed by atoms with Crippen molar-refractivity contribution in [2.45, 2.75) is 32.4 Å². The van der Waals surface area contributed by atoms with E-state index in [2.05, 4.69) is 39.4 Å². The molecule has 7 heteroatoms. The van der Waals surface area contributed by atoms with Crippen LogP contribution in [-0.4, -0.2) is 77.7 Å². The van der Waals surface area contributed by atoms with Gasteiger partial charge >= 0.3 is 6.09 Å². The van der Waals surface area contributed by atoms with Crippen molar-refractivity contribution in [3.05, 3.63) is 40.7 Å². The summed E-state index contributed by atoms with van der Waals surface area (Å²) >= 11 is 1.76. The molecule has 4 rings (SSSR count). The number of amides is 1. The maximum absolute atomic E-state index is 11.9. The summed E-state index contributed by atoms with van der Waals surface area (Å²) < 4.78 is 5.13. The van der Waals surface area contributed by atoms with Gasteiger partial charge in [-0.3, -0.25) is 9.80 Å². The number of aromatic nitrogens is 1. The van der Waals surface area contributed by atoms with Crippen LogP contribution < -0.4 is 0 Å². The zero-order valence-electron chi connectivity index (χ0n) is 17.1. The summed E-state index contributed by atoms with van der Waals surface area (Å²) in [5.41, 5.74) is 2.26. The molecule has 0 unspecified atom stereocenters. The molecule has 2 aromatic rings. The molecule has 2 aliphatic rings. The van der Waals surface area contributed by atoms with E-state index in [4.69, 9.17) is 9.72 Å². The van der Waals surface area contributed by atoms with Crippen LogP contribution in [0.4, 0.5) is 4.79 Å². The van der Waals surface area contributed by atoms with Crippen molar-refractivity contribution in [2.24, 2.45) is 0 Å². The minimum atomic E-state index is -0.171. The van der Waals surface area contributed by atoms with Crippen LogP contribution >= 0.6 is 11.3 Å². The zero-order valence-corrected chi connectivity index (χ0v) is 17.9. The van der Waals surface area contributed by atoms with Crippen molar-refractivity contribution < 1.29 is 9.53 Å². The first-order valence-electron chi connectivity index (χ1n) is 10.6. The lowest BCUT2D eigenvalue weighted by Crippen LogP contribution is -2.55. The van der Waals surface area contributed by atoms with Crippen LogP contribution in [0.1, 0.15) is 24.8 Å². The van der Waals surface area contributed by atoms with E-state index < -0.39 is 0 Å². The van der Waals surface area contributed by atoms with Gasteiger partial charge in [-0.1, -0.05) is 30.3 Å². The van der Waals surface area contributed by atoms with E-state index in [0.717, 1.165) is 51.5 Å². The van der Waals surface area contributed by atoms with Crippen LogP contribution in [0.15, 0.2) is 35.7 Å². The molecule has 1 aromatic heterocycles. The second-order valence-corrected chi connectivity index (χ2v) is 8.69. The fraction of sp³-hybridized carbons (Fsp3) is 0.545. The number of rotatable bonds is 5. The van der Waals surface area contributed by atoms with Gasteiger partial charge in [0.1, 0.15) is 5.01 Å². The SMILES string of the molecule is CCOC(=O)N1CCN([C@@H]2CCCN(Cc3nc(-c4ccccc4)cs3)C2)CC1. The van der Waals surface area contributed by atoms with Crippen LogP contribution in [0.25, 0.3) is 11.3 Å². The molecule has 3 heterocycles. The third kappa shape index (κ3) is 5.15. The average Bonchev–Trinajstić information content (AvgIpc) is 3.23. The first-order chi connectivity index (χ1) is 14.2. The summed E-state index contributed by atoms with van der Waals surface area (Å²) in [6.07, 6.45) is 2.29. The minimum absolute atomic E-state index is 0.171. The predicted octanol–water partition coefficient (Wildman–Crippen LogP) is 3.55. The third-order valence-corrected chi connectivity index (χ3v) is 6.65. The molecule has 0 spiro atoms. The van der Waals surface area contributed by atoms with Crippen LogP contribution in [0.2, 0.25) is 0 Å². The fourth-order valence-corrected chi connectivity index (χ4v) is 5.12. The Morgan fingerprint density at radius 1 is 1.17 bits per heavy atom. The molecule has 0 N–H and O–H groups in total. The topological polar surface area (TPSA) is 48.9 Å². The highest BCUT2D eigenvalue weighted by molar-refractivity contribution is 7.09. The summed E-state index contributed by atoms with van der Waals surface area (Å²) in [6, 6.07) is 11.0. The maximum Gasteiger partial charge on any atom is 0.409 e. The first-order valence-corrected chi connectivity index (χ1v) is 11.5. The Morgan fingerprint density at radius 3 is 2.72 bits per heavy atom. The predicted molar refractivity (Wildman–Crippen MR) is 116 cm³/mol. The monoisotopic (exact) mass is 414 g/mol. The Bertz CT molecular complexity index is 789. The summed E-state index contributed by atoms with van der Waals surface area (Å²) in [7, 11) is 0. The molecule has 0 saturated carbocycles. The Hall–Kier alpha value is -1.96. The van der Waals surface area contributed by atoms with Crippen LogP contribution in [0.3, 0.4) is 0 Å². The first kappa shape index (κ1) is 20.3. The molecule has 1 aromatic carbocycles. The van der Waals surface area contributed by atoms with E-state index in [1.54, 1.807) is 11.3 Å². The molecular weight excluding hydrogens is 384 g/mol. The molecule has 0 bridgehead atoms. The lowest BCUT2D eigenvalue weighted by atomic mass is 10.0. The van der Waals surface area contributed by atoms with Crippen LogP contribution in [-0.2, 0) is 11.3 Å². The third-order valence-electron chi connectivity index (χ3n) is 5.82. The maximum atomic E-state index is 11.9. The van der Waals surface area contributed by atoms with Gasteiger partial charge in [0.25, 0.3) is 0 Å². The van der Waals surface area contributed by atoms with Crippen molar-refractivity contribution in [3.63, 3.8) is 0 Å². The number of benzene rings is 1. The van der Waals surface area contributed by atoms with Gasteiger partial charge in [-0.25, -0.2) is 9.78 Å². The highest BCUT2D eigenvalue weighted by atomic mass is 32.1. The molecule has 0 aliphatic carbocycles. The van der Waals surface area contributed by atoms with Gasteiger partial charge in [0.2, 0.25) is 0 Å². The standard InChI is InChI=1S/C22H30N4O2S/c1-2-28-22(27)26-13-11-25(12-14-26)19-9-6-10-24(15-19)16-21-23-20(17-29-21)18-7-4-3-5-8-18/h3-5,7-8,17,19H,2,6,9-16H2,1H3/t19-/m1/s1. The molecule has 2 fully saturated rings. The molecule has 0 radical (unpaired) electrons. The largest absolute Gasteiger partial charge is 0.450 e. The Kier molecular flexibility index (Phi) is 6.79. The molecule has 29 heavy (non-hydrogen) atoms. The Labute approximate surface area is 177 Å². The average molecular weight is 415 g/mol. The van der Waals surface area contributed by atoms with E-state index in [-0.39, 0.29) is 6.09 Å². The molecule has 2 aliphatic heterocycles. The van der Waals surface area contributed by atoms with E-state index in [1.807, 2.05) is 17.9 Å². The number of hydrogen-bond acceptors (Lipinski definition) is 6. The quantitative estimate of drug-likeness (QED) is 0.749. The van der Waals surface area contributed by atoms with Crippen molar-refractivity contribution in [1.82, 2.24) is 19.7 Å². The molecule has 6 nitrogen and oxygen atoms in total. The number of carbonyl (C=O) groups is 1. The summed E-state index contributed by atoms with van der Waals surface area (Å²) in [5, 5.41) is 3.36. The van der Waals surface area contributed by atoms with Gasteiger partial charge in [-0.15, -0.1) is 11.3 Å². The number of carbonyl (C=O) groups excluding carboxylic acids is 1. The molecule has 1 amide bonds. The highest BCUT2D eigenvalue weighted by Crippen LogP contribution is 2.24. The van der Waals surface area contributed by atoms with Gasteiger partial charge in [-0.05, 0) is 26.3 Å². The number of thiazole rings is 1. The van der Waals surface area contributed by atoms with Gasteiger partial charge in [-0.2, -0.15) is 0 Å². The number of piperazine rings is 1. The van der Waals surface area contributed by atoms with Crippen LogP contribution in [0, 0.1) is 0 Å². The molecule has 2 saturated heterocycles. The van der Waals surface area contributed by atoms with E-state index in [9.17, 15) is 4.79 Å². The van der Waals surface area contributed by atoms with Gasteiger partial charge in [0, 0.05) is 49.7 Å². The van der Waals surface area contributed by atoms with Crippen molar-refractivity contribution in [3.8, 4) is 11.3 Å². The number of likely N-dealkylation sites (tertiary alicyclic amines) is 1. The molecule has 156 valence electrons. The van der Waals surface area contributed by atoms with Gasteiger partial charge < -0.3 is 9.64 Å². The summed E-state index contributed by atoms with van der Waals surface area (Å²) in [5.74, 6) is 0. The minimum Gasteiger partial charge on any atom is -0.450 e. The second kappa shape index (κ2) is 9.69. The second-order valence-electron chi connectivity index (χ2n) is 7.75. The fourth-order valence-electron chi connectivity index (χ4n) is 4.27. The lowest BCUT2D eigenvalue weighted by molar-refractivity contribution is 0.0412. The smallest absolute Gasteiger partial charge is 0.409 e. The van der Waals surface area contributed by atoms with Crippen LogP contribution in [0.5, 0.6) is 0 Å². The summed E-state index contributed by atoms with van der Waals surface area (Å²) in [6.45, 7) is 8.86. The number of nitrogens with zero attached hydrogens (tertiary/aromatic N) is 4. The van der Waals surface area contributed by atoms with Crippen molar-refractivity contribution >= 4 is 17.4 Å². The number of hydrogen-bond donors (Lipinski definition) is 0. The zero-order chi connectivity index (χ0) is 20.1. The van der Waals surface area contributed by atoms with Gasteiger partial charge in [0.15, 0.2) is 0 Å². The molecule has 1 atom stereocenters. The normalized spacial score (nSPS) is 21.3. The lowest BCUT2D eigenvalue weighted by Gasteiger charge is -2.43. The van der Waals surface area contributed by atoms with Crippen molar-refractivity contribution in [2.75, 3.05) is 45.9 Å². The van der Waals surface area contributed by atoms with Gasteiger partial charge in [0.05, 0.1) is 18.8 Å². The number of ether oxygens (including phenoxy) is 1. The Balaban J connectivity index is 1.29. The highest BCUT2D eigenvalue weighted by Gasteiger charge is 2.30. The Morgan fingerprint density at radius 2 is 1.97 bits per heavy atom. The number of piperidine rings is 1. The van der Waals surface area contributed by atoms with E-state index in [1.165, 1.54) is 23.4 Å². The molecular formula is C22H30N4O2S. The van der Waals surface area contributed by atoms with E-state index in [0.29, 0.717) is 12.6 Å². The van der Waals surface area contributed by atoms with Crippen molar-refractivity contribution in [1.29, 1.82) is 0 Å². The summed E-state index contributed by atoms with van der Waals surface area (Å²) in [4.78, 5) is 23.7.